The van der Waals surface area contributed by atoms with E-state index in [1.807, 2.05) is 49.1 Å². The first kappa shape index (κ1) is 19.8. The Kier molecular flexibility index (Phi) is 7.45. The Bertz CT molecular complexity index is 693. The number of nitrogens with one attached hydrogen (secondary N) is 1. The molecule has 1 heterocycles. The van der Waals surface area contributed by atoms with Crippen molar-refractivity contribution in [2.45, 2.75) is 46.6 Å². The van der Waals surface area contributed by atoms with Gasteiger partial charge in [0.15, 0.2) is 0 Å². The van der Waals surface area contributed by atoms with Crippen molar-refractivity contribution in [3.8, 4) is 5.75 Å². The number of hydrogen-bond donors (Lipinski definition) is 1. The number of pyridine rings is 1. The van der Waals surface area contributed by atoms with Crippen molar-refractivity contribution in [1.82, 2.24) is 9.88 Å². The van der Waals surface area contributed by atoms with Crippen molar-refractivity contribution in [2.24, 2.45) is 0 Å². The second-order valence-electron chi connectivity index (χ2n) is 6.51. The van der Waals surface area contributed by atoms with Crippen LogP contribution in [-0.4, -0.2) is 35.0 Å². The number of carbonyl (C=O) groups excluding carboxylic acids is 1. The first-order chi connectivity index (χ1) is 12.5. The standard InChI is InChI=1S/C21H29N3O2/c1-5-13-24(14-6-2)21(25)19-12-11-17(15-22-19)23-18-9-7-8-10-20(18)26-16(3)4/h7-12,15-16,23H,5-6,13-14H2,1-4H3. The Hall–Kier alpha value is -2.56. The molecule has 0 saturated heterocycles. The van der Waals surface area contributed by atoms with E-state index in [1.165, 1.54) is 0 Å². The van der Waals surface area contributed by atoms with Gasteiger partial charge in [0.1, 0.15) is 11.4 Å². The van der Waals surface area contributed by atoms with Gasteiger partial charge in [-0.2, -0.15) is 0 Å². The minimum Gasteiger partial charge on any atom is -0.489 e. The summed E-state index contributed by atoms with van der Waals surface area (Å²) in [5, 5.41) is 3.31. The summed E-state index contributed by atoms with van der Waals surface area (Å²) < 4.78 is 5.82. The van der Waals surface area contributed by atoms with Gasteiger partial charge in [-0.3, -0.25) is 4.79 Å². The normalized spacial score (nSPS) is 10.7. The molecule has 1 amide bonds. The summed E-state index contributed by atoms with van der Waals surface area (Å²) >= 11 is 0. The number of rotatable bonds is 9. The Morgan fingerprint density at radius 3 is 2.38 bits per heavy atom. The van der Waals surface area contributed by atoms with Gasteiger partial charge in [0.25, 0.3) is 5.91 Å². The van der Waals surface area contributed by atoms with Gasteiger partial charge < -0.3 is 15.0 Å². The molecule has 26 heavy (non-hydrogen) atoms. The number of para-hydroxylation sites is 2. The molecule has 140 valence electrons. The van der Waals surface area contributed by atoms with Crippen molar-refractivity contribution in [1.29, 1.82) is 0 Å². The van der Waals surface area contributed by atoms with Gasteiger partial charge in [0.2, 0.25) is 0 Å². The maximum absolute atomic E-state index is 12.6. The molecule has 0 atom stereocenters. The second kappa shape index (κ2) is 9.80. The van der Waals surface area contributed by atoms with Gasteiger partial charge in [0, 0.05) is 13.1 Å². The van der Waals surface area contributed by atoms with Crippen molar-refractivity contribution >= 4 is 17.3 Å². The van der Waals surface area contributed by atoms with Crippen LogP contribution in [-0.2, 0) is 0 Å². The van der Waals surface area contributed by atoms with E-state index in [9.17, 15) is 4.79 Å². The largest absolute Gasteiger partial charge is 0.489 e. The predicted molar refractivity (Wildman–Crippen MR) is 106 cm³/mol. The second-order valence-corrected chi connectivity index (χ2v) is 6.51. The lowest BCUT2D eigenvalue weighted by molar-refractivity contribution is 0.0749. The Morgan fingerprint density at radius 2 is 1.81 bits per heavy atom. The van der Waals surface area contributed by atoms with Gasteiger partial charge in [-0.25, -0.2) is 4.98 Å². The summed E-state index contributed by atoms with van der Waals surface area (Å²) in [6.07, 6.45) is 3.67. The summed E-state index contributed by atoms with van der Waals surface area (Å²) in [6, 6.07) is 11.4. The third kappa shape index (κ3) is 5.48. The number of hydrogen-bond acceptors (Lipinski definition) is 4. The highest BCUT2D eigenvalue weighted by atomic mass is 16.5. The average molecular weight is 355 g/mol. The fourth-order valence-electron chi connectivity index (χ4n) is 2.69. The quantitative estimate of drug-likeness (QED) is 0.697. The molecule has 0 aliphatic heterocycles. The molecular weight excluding hydrogens is 326 g/mol. The van der Waals surface area contributed by atoms with E-state index in [0.717, 1.165) is 43.1 Å². The van der Waals surface area contributed by atoms with Crippen LogP contribution in [0.4, 0.5) is 11.4 Å². The van der Waals surface area contributed by atoms with Gasteiger partial charge in [0.05, 0.1) is 23.7 Å². The molecule has 0 aliphatic carbocycles. The minimum atomic E-state index is -0.0104. The molecule has 2 rings (SSSR count). The lowest BCUT2D eigenvalue weighted by atomic mass is 10.2. The lowest BCUT2D eigenvalue weighted by Gasteiger charge is -2.21. The first-order valence-electron chi connectivity index (χ1n) is 9.33. The molecule has 2 aromatic rings. The Morgan fingerprint density at radius 1 is 1.12 bits per heavy atom. The molecule has 0 fully saturated rings. The molecule has 0 radical (unpaired) electrons. The van der Waals surface area contributed by atoms with E-state index in [1.54, 1.807) is 12.3 Å². The van der Waals surface area contributed by atoms with Crippen LogP contribution in [0.1, 0.15) is 51.0 Å². The van der Waals surface area contributed by atoms with Crippen LogP contribution in [0.2, 0.25) is 0 Å². The van der Waals surface area contributed by atoms with Crippen molar-refractivity contribution < 1.29 is 9.53 Å². The lowest BCUT2D eigenvalue weighted by Crippen LogP contribution is -2.33. The molecule has 0 saturated carbocycles. The number of ether oxygens (including phenoxy) is 1. The van der Waals surface area contributed by atoms with Crippen molar-refractivity contribution in [2.75, 3.05) is 18.4 Å². The first-order valence-corrected chi connectivity index (χ1v) is 9.33. The van der Waals surface area contributed by atoms with Gasteiger partial charge >= 0.3 is 0 Å². The summed E-state index contributed by atoms with van der Waals surface area (Å²) in [5.41, 5.74) is 2.17. The van der Waals surface area contributed by atoms with Crippen molar-refractivity contribution in [3.05, 3.63) is 48.3 Å². The highest BCUT2D eigenvalue weighted by Crippen LogP contribution is 2.28. The van der Waals surface area contributed by atoms with Crippen LogP contribution >= 0.6 is 0 Å². The third-order valence-electron chi connectivity index (χ3n) is 3.79. The van der Waals surface area contributed by atoms with Crippen LogP contribution < -0.4 is 10.1 Å². The maximum Gasteiger partial charge on any atom is 0.272 e. The minimum absolute atomic E-state index is 0.0104. The van der Waals surface area contributed by atoms with Crippen LogP contribution in [0.3, 0.4) is 0 Å². The zero-order valence-corrected chi connectivity index (χ0v) is 16.2. The number of benzene rings is 1. The molecule has 0 unspecified atom stereocenters. The Balaban J connectivity index is 2.11. The molecule has 1 aromatic heterocycles. The zero-order valence-electron chi connectivity index (χ0n) is 16.2. The number of aromatic nitrogens is 1. The Labute approximate surface area is 156 Å². The smallest absolute Gasteiger partial charge is 0.272 e. The van der Waals surface area contributed by atoms with Gasteiger partial charge in [-0.05, 0) is 51.0 Å². The van der Waals surface area contributed by atoms with Crippen LogP contribution in [0, 0.1) is 0 Å². The highest BCUT2D eigenvalue weighted by molar-refractivity contribution is 5.92. The zero-order chi connectivity index (χ0) is 18.9. The van der Waals surface area contributed by atoms with Gasteiger partial charge in [-0.1, -0.05) is 26.0 Å². The van der Waals surface area contributed by atoms with E-state index in [0.29, 0.717) is 5.69 Å². The topological polar surface area (TPSA) is 54.5 Å². The maximum atomic E-state index is 12.6. The summed E-state index contributed by atoms with van der Waals surface area (Å²) in [7, 11) is 0. The molecule has 1 aromatic carbocycles. The molecule has 1 N–H and O–H groups in total. The molecule has 0 aliphatic rings. The van der Waals surface area contributed by atoms with E-state index < -0.39 is 0 Å². The SMILES string of the molecule is CCCN(CCC)C(=O)c1ccc(Nc2ccccc2OC(C)C)cn1. The van der Waals surface area contributed by atoms with Crippen LogP contribution in [0.5, 0.6) is 5.75 Å². The molecule has 0 spiro atoms. The number of amides is 1. The fourth-order valence-corrected chi connectivity index (χ4v) is 2.69. The monoisotopic (exact) mass is 355 g/mol. The van der Waals surface area contributed by atoms with E-state index in [-0.39, 0.29) is 12.0 Å². The summed E-state index contributed by atoms with van der Waals surface area (Å²) in [4.78, 5) is 18.8. The van der Waals surface area contributed by atoms with Crippen LogP contribution in [0.15, 0.2) is 42.6 Å². The third-order valence-corrected chi connectivity index (χ3v) is 3.79. The number of carbonyl (C=O) groups is 1. The molecule has 5 heteroatoms. The van der Waals surface area contributed by atoms with Crippen LogP contribution in [0.25, 0.3) is 0 Å². The predicted octanol–water partition coefficient (Wildman–Crippen LogP) is 4.87. The average Bonchev–Trinajstić information content (AvgIpc) is 2.63. The van der Waals surface area contributed by atoms with E-state index in [2.05, 4.69) is 24.1 Å². The fraction of sp³-hybridized carbons (Fsp3) is 0.429. The van der Waals surface area contributed by atoms with E-state index >= 15 is 0 Å². The van der Waals surface area contributed by atoms with Gasteiger partial charge in [-0.15, -0.1) is 0 Å². The number of anilines is 2. The van der Waals surface area contributed by atoms with E-state index in [4.69, 9.17) is 4.74 Å². The number of nitrogens with zero attached hydrogens (tertiary/aromatic N) is 2. The molecule has 0 bridgehead atoms. The summed E-state index contributed by atoms with van der Waals surface area (Å²) in [5.74, 6) is 0.781. The van der Waals surface area contributed by atoms with Crippen molar-refractivity contribution in [3.63, 3.8) is 0 Å². The molecular formula is C21H29N3O2. The molecule has 5 nitrogen and oxygen atoms in total. The summed E-state index contributed by atoms with van der Waals surface area (Å²) in [6.45, 7) is 9.66. The highest BCUT2D eigenvalue weighted by Gasteiger charge is 2.15.